The van der Waals surface area contributed by atoms with Crippen LogP contribution in [0.5, 0.6) is 0 Å². The summed E-state index contributed by atoms with van der Waals surface area (Å²) in [6, 6.07) is 25.2. The number of amides is 1. The smallest absolute Gasteiger partial charge is 0.449 e. The molecule has 6 rings (SSSR count). The van der Waals surface area contributed by atoms with Crippen LogP contribution in [-0.2, 0) is 14.0 Å². The van der Waals surface area contributed by atoms with E-state index in [1.165, 1.54) is 40.8 Å². The van der Waals surface area contributed by atoms with Crippen molar-refractivity contribution in [3.05, 3.63) is 95.0 Å². The first kappa shape index (κ1) is 27.6. The normalized spacial score (nSPS) is 19.3. The molecule has 212 valence electrons. The Bertz CT molecular complexity index is 1400. The van der Waals surface area contributed by atoms with Gasteiger partial charge in [-0.15, -0.1) is 0 Å². The molecule has 41 heavy (non-hydrogen) atoms. The number of nitrogens with one attached hydrogen (secondary N) is 1. The van der Waals surface area contributed by atoms with E-state index in [4.69, 9.17) is 14.0 Å². The highest BCUT2D eigenvalue weighted by molar-refractivity contribution is 6.56. The summed E-state index contributed by atoms with van der Waals surface area (Å²) in [4.78, 5) is 15.4. The van der Waals surface area contributed by atoms with Crippen LogP contribution in [0, 0.1) is 0 Å². The number of carbonyl (C=O) groups is 1. The Morgan fingerprint density at radius 2 is 1.54 bits per heavy atom. The molecular weight excluding hydrogens is 511 g/mol. The van der Waals surface area contributed by atoms with Gasteiger partial charge in [-0.25, -0.2) is 4.79 Å². The van der Waals surface area contributed by atoms with E-state index < -0.39 is 24.4 Å². The van der Waals surface area contributed by atoms with E-state index >= 15 is 0 Å². The first-order valence-corrected chi connectivity index (χ1v) is 14.7. The van der Waals surface area contributed by atoms with Crippen LogP contribution in [0.15, 0.2) is 78.3 Å². The third-order valence-electron chi connectivity index (χ3n) is 9.03. The van der Waals surface area contributed by atoms with Gasteiger partial charge in [0.2, 0.25) is 0 Å². The van der Waals surface area contributed by atoms with Gasteiger partial charge in [-0.05, 0) is 86.0 Å². The average Bonchev–Trinajstić information content (AvgIpc) is 3.66. The summed E-state index contributed by atoms with van der Waals surface area (Å²) in [7, 11) is -0.579. The van der Waals surface area contributed by atoms with Gasteiger partial charge in [0.1, 0.15) is 6.61 Å². The number of alkyl carbamates (subject to hydrolysis) is 1. The molecule has 0 saturated carbocycles. The second-order valence-electron chi connectivity index (χ2n) is 12.3. The Morgan fingerprint density at radius 3 is 2.17 bits per heavy atom. The Labute approximate surface area is 243 Å². The maximum absolute atomic E-state index is 13.0. The van der Waals surface area contributed by atoms with Gasteiger partial charge in [-0.2, -0.15) is 0 Å². The summed E-state index contributed by atoms with van der Waals surface area (Å²) in [5, 5.41) is 2.98. The maximum atomic E-state index is 13.0. The van der Waals surface area contributed by atoms with Crippen molar-refractivity contribution in [2.75, 3.05) is 31.1 Å². The number of fused-ring (bicyclic) bond motifs is 3. The molecule has 0 atom stereocenters. The van der Waals surface area contributed by atoms with Crippen molar-refractivity contribution < 1.29 is 18.8 Å². The molecule has 7 heteroatoms. The van der Waals surface area contributed by atoms with Crippen molar-refractivity contribution >= 4 is 25.0 Å². The molecule has 0 spiro atoms. The summed E-state index contributed by atoms with van der Waals surface area (Å²) in [6.45, 7) is 10.8. The molecule has 3 aliphatic rings. The number of hydrogen-bond donors (Lipinski definition) is 1. The number of nitrogens with zero attached hydrogens (tertiary/aromatic N) is 1. The Balaban J connectivity index is 1.17. The molecule has 0 unspecified atom stereocenters. The Morgan fingerprint density at radius 1 is 0.927 bits per heavy atom. The molecule has 0 bridgehead atoms. The first-order chi connectivity index (χ1) is 19.7. The number of anilines is 1. The van der Waals surface area contributed by atoms with E-state index in [-0.39, 0.29) is 19.1 Å². The van der Waals surface area contributed by atoms with Crippen LogP contribution in [0.3, 0.4) is 0 Å². The highest BCUT2D eigenvalue weighted by atomic mass is 16.7. The van der Waals surface area contributed by atoms with Crippen LogP contribution in [0.2, 0.25) is 0 Å². The Kier molecular flexibility index (Phi) is 7.43. The van der Waals surface area contributed by atoms with Gasteiger partial charge in [-0.1, -0.05) is 66.7 Å². The predicted molar refractivity (Wildman–Crippen MR) is 165 cm³/mol. The highest BCUT2D eigenvalue weighted by Crippen LogP contribution is 2.44. The SMILES string of the molecule is CC1(C)OB(C(=Cc2cccc(N3CCCC3)c2)CNC(=O)OCC2c3ccccc3-c3ccccc32)OC1(C)C. The van der Waals surface area contributed by atoms with Crippen LogP contribution < -0.4 is 10.2 Å². The quantitative estimate of drug-likeness (QED) is 0.327. The lowest BCUT2D eigenvalue weighted by Crippen LogP contribution is -2.41. The van der Waals surface area contributed by atoms with Gasteiger partial charge >= 0.3 is 13.2 Å². The third-order valence-corrected chi connectivity index (χ3v) is 9.03. The number of rotatable bonds is 7. The van der Waals surface area contributed by atoms with E-state index in [9.17, 15) is 4.79 Å². The predicted octanol–water partition coefficient (Wildman–Crippen LogP) is 6.84. The molecule has 1 amide bonds. The van der Waals surface area contributed by atoms with E-state index in [0.717, 1.165) is 24.1 Å². The third kappa shape index (κ3) is 5.53. The molecular formula is C34H39BN2O4. The minimum absolute atomic E-state index is 0.0135. The maximum Gasteiger partial charge on any atom is 0.492 e. The van der Waals surface area contributed by atoms with E-state index in [1.807, 2.05) is 39.8 Å². The van der Waals surface area contributed by atoms with Crippen molar-refractivity contribution in [2.45, 2.75) is 57.7 Å². The summed E-state index contributed by atoms with van der Waals surface area (Å²) in [5.41, 5.74) is 6.93. The summed E-state index contributed by atoms with van der Waals surface area (Å²) < 4.78 is 18.6. The van der Waals surface area contributed by atoms with Crippen LogP contribution in [0.1, 0.15) is 63.1 Å². The van der Waals surface area contributed by atoms with E-state index in [1.54, 1.807) is 0 Å². The molecule has 2 aliphatic heterocycles. The van der Waals surface area contributed by atoms with E-state index in [0.29, 0.717) is 0 Å². The topological polar surface area (TPSA) is 60.0 Å². The van der Waals surface area contributed by atoms with Crippen molar-refractivity contribution in [3.63, 3.8) is 0 Å². The highest BCUT2D eigenvalue weighted by Gasteiger charge is 2.52. The first-order valence-electron chi connectivity index (χ1n) is 14.7. The van der Waals surface area contributed by atoms with Crippen LogP contribution >= 0.6 is 0 Å². The lowest BCUT2D eigenvalue weighted by Gasteiger charge is -2.32. The number of benzene rings is 3. The Hall–Kier alpha value is -3.55. The molecule has 3 aromatic carbocycles. The number of hydrogen-bond acceptors (Lipinski definition) is 5. The van der Waals surface area contributed by atoms with Gasteiger partial charge < -0.3 is 24.3 Å². The van der Waals surface area contributed by atoms with Crippen LogP contribution in [0.4, 0.5) is 10.5 Å². The van der Waals surface area contributed by atoms with Crippen molar-refractivity contribution in [3.8, 4) is 11.1 Å². The lowest BCUT2D eigenvalue weighted by molar-refractivity contribution is 0.00578. The fourth-order valence-corrected chi connectivity index (χ4v) is 6.02. The fourth-order valence-electron chi connectivity index (χ4n) is 6.02. The summed E-state index contributed by atoms with van der Waals surface area (Å²) in [6.07, 6.45) is 4.07. The second-order valence-corrected chi connectivity index (χ2v) is 12.3. The molecule has 2 saturated heterocycles. The van der Waals surface area contributed by atoms with E-state index in [2.05, 4.69) is 77.0 Å². The minimum atomic E-state index is -0.579. The molecule has 1 aliphatic carbocycles. The summed E-state index contributed by atoms with van der Waals surface area (Å²) in [5.74, 6) is 0.0135. The van der Waals surface area contributed by atoms with Gasteiger partial charge in [0, 0.05) is 31.2 Å². The van der Waals surface area contributed by atoms with Gasteiger partial charge in [0.05, 0.1) is 11.2 Å². The van der Waals surface area contributed by atoms with Crippen LogP contribution in [-0.4, -0.2) is 50.7 Å². The zero-order valence-corrected chi connectivity index (χ0v) is 24.5. The molecule has 2 fully saturated rings. The summed E-state index contributed by atoms with van der Waals surface area (Å²) >= 11 is 0. The monoisotopic (exact) mass is 550 g/mol. The lowest BCUT2D eigenvalue weighted by atomic mass is 9.77. The number of carbonyl (C=O) groups excluding carboxylic acids is 1. The van der Waals surface area contributed by atoms with Crippen molar-refractivity contribution in [1.29, 1.82) is 0 Å². The molecule has 1 N–H and O–H groups in total. The average molecular weight is 551 g/mol. The molecule has 0 aromatic heterocycles. The molecule has 0 radical (unpaired) electrons. The van der Waals surface area contributed by atoms with Gasteiger partial charge in [0.15, 0.2) is 0 Å². The van der Waals surface area contributed by atoms with Crippen molar-refractivity contribution in [2.24, 2.45) is 0 Å². The second kappa shape index (κ2) is 11.0. The van der Waals surface area contributed by atoms with Crippen molar-refractivity contribution in [1.82, 2.24) is 5.32 Å². The van der Waals surface area contributed by atoms with Gasteiger partial charge in [0.25, 0.3) is 0 Å². The van der Waals surface area contributed by atoms with Gasteiger partial charge in [-0.3, -0.25) is 0 Å². The van der Waals surface area contributed by atoms with Crippen LogP contribution in [0.25, 0.3) is 17.2 Å². The number of ether oxygens (including phenoxy) is 1. The zero-order valence-electron chi connectivity index (χ0n) is 24.5. The standard InChI is InChI=1S/C34H39BN2O4/c1-33(2)34(3,4)41-35(40-33)25(20-24-12-11-13-26(21-24)37-18-9-10-19-37)22-36-32(38)39-23-31-29-16-7-5-14-27(29)28-15-6-8-17-30(28)31/h5-8,11-17,20-21,31H,9-10,18-19,22-23H2,1-4H3,(H,36,38). The fraction of sp³-hybridized carbons (Fsp3) is 0.382. The molecule has 6 nitrogen and oxygen atoms in total. The molecule has 2 heterocycles. The largest absolute Gasteiger partial charge is 0.492 e. The molecule has 3 aromatic rings. The minimum Gasteiger partial charge on any atom is -0.449 e. The zero-order chi connectivity index (χ0) is 28.6.